The van der Waals surface area contributed by atoms with Crippen molar-refractivity contribution in [2.45, 2.75) is 6.92 Å². The van der Waals surface area contributed by atoms with E-state index in [1.165, 1.54) is 6.92 Å². The summed E-state index contributed by atoms with van der Waals surface area (Å²) in [5, 5.41) is 8.57. The molecule has 3 N–H and O–H groups in total. The summed E-state index contributed by atoms with van der Waals surface area (Å²) >= 11 is 3.23. The van der Waals surface area contributed by atoms with Crippen LogP contribution in [0, 0.1) is 0 Å². The lowest BCUT2D eigenvalue weighted by Gasteiger charge is -2.05. The van der Waals surface area contributed by atoms with E-state index in [-0.39, 0.29) is 5.57 Å². The van der Waals surface area contributed by atoms with Gasteiger partial charge in [0.25, 0.3) is 11.8 Å². The molecule has 0 atom stereocenters. The monoisotopic (exact) mass is 326 g/mol. The lowest BCUT2D eigenvalue weighted by molar-refractivity contribution is -0.133. The van der Waals surface area contributed by atoms with E-state index in [4.69, 9.17) is 5.11 Å². The number of hydrogen-bond donors (Lipinski definition) is 3. The molecule has 0 saturated heterocycles. The highest BCUT2D eigenvalue weighted by atomic mass is 79.9. The Labute approximate surface area is 117 Å². The molecule has 0 aliphatic rings. The van der Waals surface area contributed by atoms with Crippen molar-refractivity contribution in [3.05, 3.63) is 46.0 Å². The number of carboxylic acids is 1. The molecule has 19 heavy (non-hydrogen) atoms. The third-order valence-electron chi connectivity index (χ3n) is 2.09. The highest BCUT2D eigenvalue weighted by Crippen LogP contribution is 2.10. The van der Waals surface area contributed by atoms with Crippen LogP contribution in [-0.4, -0.2) is 22.9 Å². The first-order chi connectivity index (χ1) is 8.90. The molecule has 0 aliphatic heterocycles. The Kier molecular flexibility index (Phi) is 5.25. The average Bonchev–Trinajstić information content (AvgIpc) is 2.36. The Morgan fingerprint density at radius 1 is 1.16 bits per heavy atom. The van der Waals surface area contributed by atoms with Crippen LogP contribution in [0.2, 0.25) is 0 Å². The molecule has 0 saturated carbocycles. The van der Waals surface area contributed by atoms with E-state index in [2.05, 4.69) is 26.8 Å². The SMILES string of the molecule is C/C(=C\C(=O)NNC(=O)c1ccc(Br)cc1)C(=O)O. The normalized spacial score (nSPS) is 10.7. The summed E-state index contributed by atoms with van der Waals surface area (Å²) in [4.78, 5) is 33.4. The predicted molar refractivity (Wildman–Crippen MR) is 71.1 cm³/mol. The molecule has 1 aromatic carbocycles. The maximum Gasteiger partial charge on any atom is 0.331 e. The number of halogens is 1. The Morgan fingerprint density at radius 2 is 1.74 bits per heavy atom. The molecule has 0 unspecified atom stereocenters. The van der Waals surface area contributed by atoms with Gasteiger partial charge in [0.15, 0.2) is 0 Å². The molecule has 0 aromatic heterocycles. The van der Waals surface area contributed by atoms with Gasteiger partial charge in [-0.25, -0.2) is 4.79 Å². The topological polar surface area (TPSA) is 95.5 Å². The molecular formula is C12H11BrN2O4. The fraction of sp³-hybridized carbons (Fsp3) is 0.0833. The van der Waals surface area contributed by atoms with Crippen molar-refractivity contribution in [3.63, 3.8) is 0 Å². The van der Waals surface area contributed by atoms with Gasteiger partial charge in [0.05, 0.1) is 0 Å². The summed E-state index contributed by atoms with van der Waals surface area (Å²) in [6.07, 6.45) is 0.879. The zero-order valence-corrected chi connectivity index (χ0v) is 11.5. The first-order valence-electron chi connectivity index (χ1n) is 5.17. The number of carbonyl (C=O) groups excluding carboxylic acids is 2. The molecule has 0 radical (unpaired) electrons. The second kappa shape index (κ2) is 6.69. The molecule has 7 heteroatoms. The molecule has 2 amide bonds. The van der Waals surface area contributed by atoms with E-state index in [1.807, 2.05) is 0 Å². The molecule has 1 rings (SSSR count). The first-order valence-corrected chi connectivity index (χ1v) is 5.97. The number of aliphatic carboxylic acids is 1. The minimum absolute atomic E-state index is 0.129. The zero-order chi connectivity index (χ0) is 14.4. The van der Waals surface area contributed by atoms with Crippen LogP contribution in [0.15, 0.2) is 40.4 Å². The number of rotatable bonds is 3. The number of hydrazine groups is 1. The van der Waals surface area contributed by atoms with Crippen molar-refractivity contribution in [1.29, 1.82) is 0 Å². The molecule has 0 spiro atoms. The number of hydrogen-bond acceptors (Lipinski definition) is 3. The summed E-state index contributed by atoms with van der Waals surface area (Å²) in [5.41, 5.74) is 4.50. The third kappa shape index (κ3) is 4.92. The Morgan fingerprint density at radius 3 is 2.26 bits per heavy atom. The smallest absolute Gasteiger partial charge is 0.331 e. The average molecular weight is 327 g/mol. The third-order valence-corrected chi connectivity index (χ3v) is 2.62. The molecule has 0 heterocycles. The van der Waals surface area contributed by atoms with Crippen molar-refractivity contribution >= 4 is 33.7 Å². The quantitative estimate of drug-likeness (QED) is 0.575. The molecule has 100 valence electrons. The summed E-state index contributed by atoms with van der Waals surface area (Å²) in [6.45, 7) is 1.28. The highest BCUT2D eigenvalue weighted by molar-refractivity contribution is 9.10. The minimum atomic E-state index is -1.20. The summed E-state index contributed by atoms with van der Waals surface area (Å²) in [5.74, 6) is -2.41. The maximum atomic E-state index is 11.6. The van der Waals surface area contributed by atoms with Crippen LogP contribution in [0.25, 0.3) is 0 Å². The van der Waals surface area contributed by atoms with Crippen molar-refractivity contribution in [2.75, 3.05) is 0 Å². The second-order valence-electron chi connectivity index (χ2n) is 3.58. The summed E-state index contributed by atoms with van der Waals surface area (Å²) in [7, 11) is 0. The van der Waals surface area contributed by atoms with Gasteiger partial charge in [-0.05, 0) is 31.2 Å². The van der Waals surface area contributed by atoms with Crippen molar-refractivity contribution in [2.24, 2.45) is 0 Å². The highest BCUT2D eigenvalue weighted by Gasteiger charge is 2.07. The second-order valence-corrected chi connectivity index (χ2v) is 4.50. The number of benzene rings is 1. The van der Waals surface area contributed by atoms with Gasteiger partial charge in [-0.15, -0.1) is 0 Å². The lowest BCUT2D eigenvalue weighted by atomic mass is 10.2. The largest absolute Gasteiger partial charge is 0.478 e. The molecule has 0 bridgehead atoms. The van der Waals surface area contributed by atoms with E-state index in [0.717, 1.165) is 10.5 Å². The van der Waals surface area contributed by atoms with E-state index in [9.17, 15) is 14.4 Å². The van der Waals surface area contributed by atoms with Gasteiger partial charge in [-0.2, -0.15) is 0 Å². The fourth-order valence-electron chi connectivity index (χ4n) is 1.09. The Balaban J connectivity index is 2.55. The van der Waals surface area contributed by atoms with Gasteiger partial charge in [0.1, 0.15) is 0 Å². The maximum absolute atomic E-state index is 11.6. The van der Waals surface area contributed by atoms with Crippen molar-refractivity contribution in [1.82, 2.24) is 10.9 Å². The number of nitrogens with one attached hydrogen (secondary N) is 2. The van der Waals surface area contributed by atoms with Gasteiger partial charge in [0.2, 0.25) is 0 Å². The van der Waals surface area contributed by atoms with Crippen molar-refractivity contribution < 1.29 is 19.5 Å². The minimum Gasteiger partial charge on any atom is -0.478 e. The van der Waals surface area contributed by atoms with Crippen LogP contribution >= 0.6 is 15.9 Å². The van der Waals surface area contributed by atoms with Gasteiger partial charge in [-0.1, -0.05) is 15.9 Å². The Hall–Kier alpha value is -2.15. The molecule has 6 nitrogen and oxygen atoms in total. The van der Waals surface area contributed by atoms with E-state index >= 15 is 0 Å². The summed E-state index contributed by atoms with van der Waals surface area (Å²) in [6, 6.07) is 6.52. The molecular weight excluding hydrogens is 316 g/mol. The standard InChI is InChI=1S/C12H11BrN2O4/c1-7(12(18)19)6-10(16)14-15-11(17)8-2-4-9(13)5-3-8/h2-6H,1H3,(H,14,16)(H,15,17)(H,18,19)/b7-6+. The van der Waals surface area contributed by atoms with Gasteiger partial charge >= 0.3 is 5.97 Å². The molecule has 0 aliphatic carbocycles. The van der Waals surface area contributed by atoms with Crippen LogP contribution < -0.4 is 10.9 Å². The van der Waals surface area contributed by atoms with Crippen LogP contribution in [0.1, 0.15) is 17.3 Å². The first kappa shape index (κ1) is 14.9. The van der Waals surface area contributed by atoms with Gasteiger partial charge < -0.3 is 5.11 Å². The fourth-order valence-corrected chi connectivity index (χ4v) is 1.35. The van der Waals surface area contributed by atoms with Gasteiger partial charge in [-0.3, -0.25) is 20.4 Å². The van der Waals surface area contributed by atoms with Crippen LogP contribution in [0.4, 0.5) is 0 Å². The number of carbonyl (C=O) groups is 3. The van der Waals surface area contributed by atoms with Crippen molar-refractivity contribution in [3.8, 4) is 0 Å². The van der Waals surface area contributed by atoms with Crippen LogP contribution in [0.5, 0.6) is 0 Å². The van der Waals surface area contributed by atoms with E-state index in [1.54, 1.807) is 24.3 Å². The zero-order valence-electron chi connectivity index (χ0n) is 9.94. The number of amides is 2. The van der Waals surface area contributed by atoms with E-state index < -0.39 is 17.8 Å². The summed E-state index contributed by atoms with van der Waals surface area (Å²) < 4.78 is 0.827. The molecule has 1 aromatic rings. The van der Waals surface area contributed by atoms with Crippen LogP contribution in [0.3, 0.4) is 0 Å². The van der Waals surface area contributed by atoms with E-state index in [0.29, 0.717) is 5.56 Å². The Bertz CT molecular complexity index is 537. The molecule has 0 fully saturated rings. The van der Waals surface area contributed by atoms with Gasteiger partial charge in [0, 0.05) is 21.7 Å². The number of carboxylic acid groups (broad SMARTS) is 1. The predicted octanol–water partition coefficient (Wildman–Crippen LogP) is 1.24. The lowest BCUT2D eigenvalue weighted by Crippen LogP contribution is -2.41. The van der Waals surface area contributed by atoms with Crippen LogP contribution in [-0.2, 0) is 9.59 Å².